The van der Waals surface area contributed by atoms with Crippen molar-refractivity contribution < 1.29 is 13.2 Å². The van der Waals surface area contributed by atoms with Crippen LogP contribution in [0.5, 0.6) is 5.75 Å². The van der Waals surface area contributed by atoms with Gasteiger partial charge in [0.2, 0.25) is 16.0 Å². The molecular weight excluding hydrogens is 490 g/mol. The summed E-state index contributed by atoms with van der Waals surface area (Å²) in [7, 11) is -0.0517. The molecule has 10 nitrogen and oxygen atoms in total. The van der Waals surface area contributed by atoms with Gasteiger partial charge in [0, 0.05) is 53.6 Å². The van der Waals surface area contributed by atoms with E-state index in [0.29, 0.717) is 28.9 Å². The number of hydrogen-bond donors (Lipinski definition) is 3. The number of methoxy groups -OCH3 is 1. The number of aryl methyl sites for hydroxylation is 2. The van der Waals surface area contributed by atoms with Gasteiger partial charge in [-0.3, -0.25) is 9.40 Å². The van der Waals surface area contributed by atoms with Crippen LogP contribution in [0.15, 0.2) is 61.1 Å². The molecule has 0 aliphatic heterocycles. The van der Waals surface area contributed by atoms with E-state index in [0.717, 1.165) is 22.4 Å². The molecule has 2 aromatic heterocycles. The predicted molar refractivity (Wildman–Crippen MR) is 147 cm³/mol. The van der Waals surface area contributed by atoms with Crippen molar-refractivity contribution in [2.75, 3.05) is 22.5 Å². The second-order valence-electron chi connectivity index (χ2n) is 9.59. The van der Waals surface area contributed by atoms with Gasteiger partial charge in [-0.1, -0.05) is 6.07 Å². The SMILES string of the molecule is COc1cc(Nc2ncc(C)c(Nc3cccc(NS(=O)(=O)C(C)(C)C)c3)n2)ccc1-c1cnn(C)c1. The van der Waals surface area contributed by atoms with Gasteiger partial charge in [-0.05, 0) is 58.0 Å². The Balaban J connectivity index is 1.54. The molecule has 3 N–H and O–H groups in total. The van der Waals surface area contributed by atoms with Gasteiger partial charge in [-0.25, -0.2) is 13.4 Å². The molecule has 0 radical (unpaired) electrons. The van der Waals surface area contributed by atoms with E-state index in [1.165, 1.54) is 0 Å². The van der Waals surface area contributed by atoms with E-state index >= 15 is 0 Å². The first-order valence-electron chi connectivity index (χ1n) is 11.6. The van der Waals surface area contributed by atoms with Crippen molar-refractivity contribution in [2.45, 2.75) is 32.4 Å². The van der Waals surface area contributed by atoms with Crippen LogP contribution in [-0.4, -0.2) is 40.0 Å². The molecule has 0 fully saturated rings. The van der Waals surface area contributed by atoms with Crippen molar-refractivity contribution in [1.29, 1.82) is 0 Å². The van der Waals surface area contributed by atoms with E-state index in [1.807, 2.05) is 44.4 Å². The van der Waals surface area contributed by atoms with Crippen LogP contribution in [0, 0.1) is 6.92 Å². The van der Waals surface area contributed by atoms with Crippen molar-refractivity contribution in [3.8, 4) is 16.9 Å². The van der Waals surface area contributed by atoms with E-state index in [9.17, 15) is 8.42 Å². The topological polar surface area (TPSA) is 123 Å². The van der Waals surface area contributed by atoms with Gasteiger partial charge in [0.05, 0.1) is 23.7 Å². The van der Waals surface area contributed by atoms with Crippen molar-refractivity contribution in [3.05, 3.63) is 66.6 Å². The highest BCUT2D eigenvalue weighted by atomic mass is 32.2. The number of hydrogen-bond acceptors (Lipinski definition) is 8. The Morgan fingerprint density at radius 3 is 2.38 bits per heavy atom. The second kappa shape index (κ2) is 10.1. The molecule has 4 rings (SSSR count). The fourth-order valence-electron chi connectivity index (χ4n) is 3.43. The molecule has 0 unspecified atom stereocenters. The molecule has 0 aliphatic carbocycles. The lowest BCUT2D eigenvalue weighted by molar-refractivity contribution is 0.416. The molecule has 4 aromatic rings. The molecule has 0 atom stereocenters. The third-order valence-electron chi connectivity index (χ3n) is 5.63. The summed E-state index contributed by atoms with van der Waals surface area (Å²) in [5.74, 6) is 1.68. The van der Waals surface area contributed by atoms with Gasteiger partial charge in [0.15, 0.2) is 0 Å². The van der Waals surface area contributed by atoms with Gasteiger partial charge < -0.3 is 15.4 Å². The van der Waals surface area contributed by atoms with Gasteiger partial charge in [0.25, 0.3) is 0 Å². The first-order chi connectivity index (χ1) is 17.4. The molecule has 0 saturated carbocycles. The van der Waals surface area contributed by atoms with Crippen molar-refractivity contribution in [3.63, 3.8) is 0 Å². The van der Waals surface area contributed by atoms with Crippen LogP contribution in [0.2, 0.25) is 0 Å². The van der Waals surface area contributed by atoms with Crippen molar-refractivity contribution in [2.24, 2.45) is 7.05 Å². The molecular formula is C26H31N7O3S. The Hall–Kier alpha value is -4.12. The monoisotopic (exact) mass is 521 g/mol. The quantitative estimate of drug-likeness (QED) is 0.288. The lowest BCUT2D eigenvalue weighted by Crippen LogP contribution is -2.33. The highest BCUT2D eigenvalue weighted by molar-refractivity contribution is 7.94. The summed E-state index contributed by atoms with van der Waals surface area (Å²) in [5, 5.41) is 10.7. The van der Waals surface area contributed by atoms with Crippen molar-refractivity contribution >= 4 is 38.9 Å². The molecule has 11 heteroatoms. The van der Waals surface area contributed by atoms with E-state index in [2.05, 4.69) is 30.4 Å². The van der Waals surface area contributed by atoms with Crippen LogP contribution in [0.4, 0.5) is 28.8 Å². The largest absolute Gasteiger partial charge is 0.496 e. The lowest BCUT2D eigenvalue weighted by Gasteiger charge is -2.20. The normalized spacial score (nSPS) is 11.7. The highest BCUT2D eigenvalue weighted by Crippen LogP contribution is 2.33. The second-order valence-corrected chi connectivity index (χ2v) is 12.0. The zero-order valence-corrected chi connectivity index (χ0v) is 22.5. The van der Waals surface area contributed by atoms with E-state index in [1.54, 1.807) is 63.2 Å². The maximum absolute atomic E-state index is 12.5. The first kappa shape index (κ1) is 26.0. The molecule has 0 bridgehead atoms. The average Bonchev–Trinajstić information content (AvgIpc) is 3.26. The number of nitrogens with one attached hydrogen (secondary N) is 3. The number of sulfonamides is 1. The van der Waals surface area contributed by atoms with Gasteiger partial charge in [0.1, 0.15) is 11.6 Å². The molecule has 37 heavy (non-hydrogen) atoms. The number of anilines is 5. The van der Waals surface area contributed by atoms with Crippen molar-refractivity contribution in [1.82, 2.24) is 19.7 Å². The van der Waals surface area contributed by atoms with Crippen LogP contribution in [0.25, 0.3) is 11.1 Å². The van der Waals surface area contributed by atoms with Gasteiger partial charge >= 0.3 is 0 Å². The van der Waals surface area contributed by atoms with Crippen LogP contribution >= 0.6 is 0 Å². The zero-order chi connectivity index (χ0) is 26.8. The summed E-state index contributed by atoms with van der Waals surface area (Å²) in [6, 6.07) is 12.8. The average molecular weight is 522 g/mol. The molecule has 2 aromatic carbocycles. The van der Waals surface area contributed by atoms with Gasteiger partial charge in [-0.15, -0.1) is 0 Å². The number of rotatable bonds is 8. The Morgan fingerprint density at radius 1 is 0.973 bits per heavy atom. The summed E-state index contributed by atoms with van der Waals surface area (Å²) in [4.78, 5) is 9.02. The first-order valence-corrected chi connectivity index (χ1v) is 13.1. The Morgan fingerprint density at radius 2 is 1.70 bits per heavy atom. The van der Waals surface area contributed by atoms with E-state index in [-0.39, 0.29) is 0 Å². The number of benzene rings is 2. The third kappa shape index (κ3) is 6.00. The Kier molecular flexibility index (Phi) is 7.08. The molecule has 0 spiro atoms. The standard InChI is InChI=1S/C26H31N7O3S/c1-17-14-27-25(30-20-10-11-22(23(13-20)36-6)18-15-28-33(5)16-18)31-24(17)29-19-8-7-9-21(12-19)32-37(34,35)26(2,3)4/h7-16,32H,1-6H3,(H2,27,29,30,31). The van der Waals surface area contributed by atoms with Crippen LogP contribution in [0.1, 0.15) is 26.3 Å². The van der Waals surface area contributed by atoms with Crippen LogP contribution < -0.4 is 20.1 Å². The molecule has 0 amide bonds. The summed E-state index contributed by atoms with van der Waals surface area (Å²) in [6.45, 7) is 6.85. The fourth-order valence-corrected chi connectivity index (χ4v) is 4.17. The minimum atomic E-state index is -3.54. The smallest absolute Gasteiger partial charge is 0.237 e. The highest BCUT2D eigenvalue weighted by Gasteiger charge is 2.28. The minimum Gasteiger partial charge on any atom is -0.496 e. The summed E-state index contributed by atoms with van der Waals surface area (Å²) < 4.78 is 34.1. The Labute approximate surface area is 217 Å². The minimum absolute atomic E-state index is 0.397. The lowest BCUT2D eigenvalue weighted by atomic mass is 10.1. The molecule has 2 heterocycles. The van der Waals surface area contributed by atoms with E-state index in [4.69, 9.17) is 4.74 Å². The molecule has 0 aliphatic rings. The zero-order valence-electron chi connectivity index (χ0n) is 21.7. The van der Waals surface area contributed by atoms with E-state index < -0.39 is 14.8 Å². The Bertz CT molecular complexity index is 1530. The summed E-state index contributed by atoms with van der Waals surface area (Å²) >= 11 is 0. The summed E-state index contributed by atoms with van der Waals surface area (Å²) in [6.07, 6.45) is 5.43. The predicted octanol–water partition coefficient (Wildman–Crippen LogP) is 5.22. The maximum atomic E-state index is 12.5. The molecule has 194 valence electrons. The maximum Gasteiger partial charge on any atom is 0.237 e. The van der Waals surface area contributed by atoms with Crippen LogP contribution in [-0.2, 0) is 17.1 Å². The fraction of sp³-hybridized carbons (Fsp3) is 0.269. The van der Waals surface area contributed by atoms with Crippen LogP contribution in [0.3, 0.4) is 0 Å². The van der Waals surface area contributed by atoms with Gasteiger partial charge in [-0.2, -0.15) is 10.1 Å². The number of ether oxygens (including phenoxy) is 1. The summed E-state index contributed by atoms with van der Waals surface area (Å²) in [5.41, 5.74) is 4.62. The third-order valence-corrected chi connectivity index (χ3v) is 7.75. The number of nitrogens with zero attached hydrogens (tertiary/aromatic N) is 4. The number of aromatic nitrogens is 4. The molecule has 0 saturated heterocycles.